The first kappa shape index (κ1) is 18.3. The van der Waals surface area contributed by atoms with Crippen LogP contribution >= 0.6 is 0 Å². The number of halogens is 1. The van der Waals surface area contributed by atoms with Crippen LogP contribution in [-0.4, -0.2) is 38.3 Å². The van der Waals surface area contributed by atoms with Gasteiger partial charge >= 0.3 is 0 Å². The number of carbonyl (C=O) groups is 1. The first-order chi connectivity index (χ1) is 11.8. The second-order valence-corrected chi connectivity index (χ2v) is 9.25. The Labute approximate surface area is 148 Å². The quantitative estimate of drug-likeness (QED) is 0.888. The van der Waals surface area contributed by atoms with Crippen molar-refractivity contribution in [2.45, 2.75) is 43.9 Å². The molecule has 1 unspecified atom stereocenters. The molecule has 7 heteroatoms. The van der Waals surface area contributed by atoms with Crippen LogP contribution in [0.4, 0.5) is 4.39 Å². The smallest absolute Gasteiger partial charge is 0.243 e. The fourth-order valence-electron chi connectivity index (χ4n) is 4.31. The van der Waals surface area contributed by atoms with E-state index >= 15 is 0 Å². The minimum atomic E-state index is -3.73. The van der Waals surface area contributed by atoms with E-state index in [1.165, 1.54) is 35.8 Å². The molecular formula is C18H25FN2O3S. The molecule has 0 aromatic heterocycles. The lowest BCUT2D eigenvalue weighted by Gasteiger charge is -2.38. The number of sulfonamides is 1. The zero-order chi connectivity index (χ0) is 18.1. The molecule has 1 aromatic carbocycles. The number of nitrogens with zero attached hydrogens (tertiary/aromatic N) is 1. The highest BCUT2D eigenvalue weighted by molar-refractivity contribution is 7.89. The van der Waals surface area contributed by atoms with Gasteiger partial charge in [-0.05, 0) is 42.4 Å². The SMILES string of the molecule is CC(=O)NCC1CN(S(=O)(=O)c2cccc(F)c2)CC12CCCCC2. The normalized spacial score (nSPS) is 23.7. The molecule has 2 aliphatic rings. The molecule has 1 amide bonds. The number of nitrogens with one attached hydrogen (secondary N) is 1. The average Bonchev–Trinajstić information content (AvgIpc) is 2.92. The van der Waals surface area contributed by atoms with E-state index in [1.54, 1.807) is 0 Å². The molecule has 1 saturated heterocycles. The predicted molar refractivity (Wildman–Crippen MR) is 92.9 cm³/mol. The topological polar surface area (TPSA) is 66.5 Å². The van der Waals surface area contributed by atoms with E-state index in [1.807, 2.05) is 0 Å². The molecule has 1 aromatic rings. The van der Waals surface area contributed by atoms with Crippen molar-refractivity contribution in [3.8, 4) is 0 Å². The van der Waals surface area contributed by atoms with Crippen LogP contribution in [0.3, 0.4) is 0 Å². The van der Waals surface area contributed by atoms with Crippen molar-refractivity contribution in [1.29, 1.82) is 0 Å². The van der Waals surface area contributed by atoms with Gasteiger partial charge in [-0.25, -0.2) is 12.8 Å². The minimum absolute atomic E-state index is 0.00126. The van der Waals surface area contributed by atoms with Gasteiger partial charge < -0.3 is 5.32 Å². The Hall–Kier alpha value is -1.47. The summed E-state index contributed by atoms with van der Waals surface area (Å²) in [7, 11) is -3.73. The maximum Gasteiger partial charge on any atom is 0.243 e. The number of rotatable bonds is 4. The molecule has 1 saturated carbocycles. The first-order valence-corrected chi connectivity index (χ1v) is 10.3. The molecule has 25 heavy (non-hydrogen) atoms. The van der Waals surface area contributed by atoms with Crippen molar-refractivity contribution >= 4 is 15.9 Å². The van der Waals surface area contributed by atoms with Gasteiger partial charge in [0, 0.05) is 26.6 Å². The van der Waals surface area contributed by atoms with Gasteiger partial charge in [-0.15, -0.1) is 0 Å². The van der Waals surface area contributed by atoms with Crippen molar-refractivity contribution in [1.82, 2.24) is 9.62 Å². The fourth-order valence-corrected chi connectivity index (χ4v) is 5.93. The van der Waals surface area contributed by atoms with Crippen molar-refractivity contribution in [2.75, 3.05) is 19.6 Å². The summed E-state index contributed by atoms with van der Waals surface area (Å²) >= 11 is 0. The Morgan fingerprint density at radius 2 is 2.04 bits per heavy atom. The van der Waals surface area contributed by atoms with Crippen molar-refractivity contribution < 1.29 is 17.6 Å². The van der Waals surface area contributed by atoms with Crippen LogP contribution in [0.1, 0.15) is 39.0 Å². The molecule has 1 atom stereocenters. The summed E-state index contributed by atoms with van der Waals surface area (Å²) in [4.78, 5) is 11.3. The molecule has 5 nitrogen and oxygen atoms in total. The van der Waals surface area contributed by atoms with E-state index in [0.29, 0.717) is 19.6 Å². The Kier molecular flexibility index (Phi) is 5.16. The number of benzene rings is 1. The van der Waals surface area contributed by atoms with Crippen LogP contribution in [0.25, 0.3) is 0 Å². The number of hydrogen-bond donors (Lipinski definition) is 1. The van der Waals surface area contributed by atoms with Gasteiger partial charge in [-0.1, -0.05) is 25.3 Å². The van der Waals surface area contributed by atoms with Gasteiger partial charge in [0.25, 0.3) is 0 Å². The molecule has 1 heterocycles. The summed E-state index contributed by atoms with van der Waals surface area (Å²) in [5.74, 6) is -0.556. The number of amides is 1. The lowest BCUT2D eigenvalue weighted by atomic mass is 9.68. The first-order valence-electron chi connectivity index (χ1n) is 8.84. The van der Waals surface area contributed by atoms with E-state index in [2.05, 4.69) is 5.32 Å². The highest BCUT2D eigenvalue weighted by Crippen LogP contribution is 2.48. The fraction of sp³-hybridized carbons (Fsp3) is 0.611. The van der Waals surface area contributed by atoms with E-state index < -0.39 is 15.8 Å². The summed E-state index contributed by atoms with van der Waals surface area (Å²) in [6.45, 7) is 2.80. The summed E-state index contributed by atoms with van der Waals surface area (Å²) in [6.07, 6.45) is 5.30. The average molecular weight is 368 g/mol. The van der Waals surface area contributed by atoms with Crippen molar-refractivity contribution in [2.24, 2.45) is 11.3 Å². The van der Waals surface area contributed by atoms with Crippen molar-refractivity contribution in [3.05, 3.63) is 30.1 Å². The molecule has 1 aliphatic carbocycles. The zero-order valence-electron chi connectivity index (χ0n) is 14.5. The largest absolute Gasteiger partial charge is 0.356 e. The van der Waals surface area contributed by atoms with Crippen LogP contribution in [0.15, 0.2) is 29.2 Å². The predicted octanol–water partition coefficient (Wildman–Crippen LogP) is 2.53. The van der Waals surface area contributed by atoms with Gasteiger partial charge in [0.1, 0.15) is 5.82 Å². The Bertz CT molecular complexity index is 744. The van der Waals surface area contributed by atoms with E-state index in [0.717, 1.165) is 31.7 Å². The third-order valence-electron chi connectivity index (χ3n) is 5.66. The third kappa shape index (κ3) is 3.72. The second kappa shape index (κ2) is 7.03. The van der Waals surface area contributed by atoms with Gasteiger partial charge in [0.2, 0.25) is 15.9 Å². The Morgan fingerprint density at radius 1 is 1.32 bits per heavy atom. The maximum absolute atomic E-state index is 13.5. The second-order valence-electron chi connectivity index (χ2n) is 7.31. The molecule has 1 aliphatic heterocycles. The summed E-state index contributed by atoms with van der Waals surface area (Å²) < 4.78 is 40.9. The summed E-state index contributed by atoms with van der Waals surface area (Å²) in [5, 5.41) is 2.86. The van der Waals surface area contributed by atoms with Gasteiger partial charge in [0.15, 0.2) is 0 Å². The number of carbonyl (C=O) groups excluding carboxylic acids is 1. The van der Waals surface area contributed by atoms with E-state index in [9.17, 15) is 17.6 Å². The minimum Gasteiger partial charge on any atom is -0.356 e. The molecule has 138 valence electrons. The van der Waals surface area contributed by atoms with Gasteiger partial charge in [0.05, 0.1) is 4.90 Å². The molecular weight excluding hydrogens is 343 g/mol. The molecule has 1 spiro atoms. The van der Waals surface area contributed by atoms with Crippen LogP contribution in [0.5, 0.6) is 0 Å². The van der Waals surface area contributed by atoms with Gasteiger partial charge in [-0.2, -0.15) is 4.31 Å². The molecule has 3 rings (SSSR count). The lowest BCUT2D eigenvalue weighted by molar-refractivity contribution is -0.119. The molecule has 2 fully saturated rings. The summed E-state index contributed by atoms with van der Waals surface area (Å²) in [6, 6.07) is 5.17. The number of hydrogen-bond acceptors (Lipinski definition) is 3. The Morgan fingerprint density at radius 3 is 2.68 bits per heavy atom. The standard InChI is InChI=1S/C18H25FN2O3S/c1-14(22)20-11-15-12-21(13-18(15)8-3-2-4-9-18)25(23,24)17-7-5-6-16(19)10-17/h5-7,10,15H,2-4,8-9,11-13H2,1H3,(H,20,22). The van der Waals surface area contributed by atoms with E-state index in [4.69, 9.17) is 0 Å². The van der Waals surface area contributed by atoms with Gasteiger partial charge in [-0.3, -0.25) is 4.79 Å². The highest BCUT2D eigenvalue weighted by atomic mass is 32.2. The van der Waals surface area contributed by atoms with Crippen LogP contribution in [0, 0.1) is 17.2 Å². The molecule has 0 bridgehead atoms. The third-order valence-corrected chi connectivity index (χ3v) is 7.47. The van der Waals surface area contributed by atoms with E-state index in [-0.39, 0.29) is 22.1 Å². The van der Waals surface area contributed by atoms with Crippen molar-refractivity contribution in [3.63, 3.8) is 0 Å². The lowest BCUT2D eigenvalue weighted by Crippen LogP contribution is -2.39. The zero-order valence-corrected chi connectivity index (χ0v) is 15.3. The monoisotopic (exact) mass is 368 g/mol. The van der Waals surface area contributed by atoms with Crippen LogP contribution < -0.4 is 5.32 Å². The van der Waals surface area contributed by atoms with Crippen LogP contribution in [0.2, 0.25) is 0 Å². The molecule has 1 N–H and O–H groups in total. The Balaban J connectivity index is 1.86. The molecule has 0 radical (unpaired) electrons. The maximum atomic E-state index is 13.5. The highest BCUT2D eigenvalue weighted by Gasteiger charge is 2.50. The van der Waals surface area contributed by atoms with Crippen LogP contribution in [-0.2, 0) is 14.8 Å². The summed E-state index contributed by atoms with van der Waals surface area (Å²) in [5.41, 5.74) is -0.0822.